The summed E-state index contributed by atoms with van der Waals surface area (Å²) in [6.45, 7) is 5.68. The SMILES string of the molecule is CCc1ccc(N2CCN(C(=O)c3cc(S(C)(=O)=O)ccc3N3CCCCC3)CC2)c(F)c1. The molecule has 4 rings (SSSR count). The molecule has 0 bridgehead atoms. The lowest BCUT2D eigenvalue weighted by Crippen LogP contribution is -2.49. The number of rotatable bonds is 5. The maximum absolute atomic E-state index is 14.6. The monoisotopic (exact) mass is 473 g/mol. The second kappa shape index (κ2) is 9.71. The number of piperidine rings is 1. The Morgan fingerprint density at radius 3 is 2.12 bits per heavy atom. The van der Waals surface area contributed by atoms with Crippen molar-refractivity contribution < 1.29 is 17.6 Å². The molecular weight excluding hydrogens is 441 g/mol. The Labute approximate surface area is 195 Å². The van der Waals surface area contributed by atoms with Gasteiger partial charge in [-0.25, -0.2) is 12.8 Å². The summed E-state index contributed by atoms with van der Waals surface area (Å²) in [5, 5.41) is 0. The largest absolute Gasteiger partial charge is 0.371 e. The number of carbonyl (C=O) groups is 1. The quantitative estimate of drug-likeness (QED) is 0.662. The molecule has 2 saturated heterocycles. The number of anilines is 2. The van der Waals surface area contributed by atoms with Crippen molar-refractivity contribution in [2.75, 3.05) is 55.3 Å². The molecule has 2 aromatic carbocycles. The van der Waals surface area contributed by atoms with E-state index in [2.05, 4.69) is 4.90 Å². The lowest BCUT2D eigenvalue weighted by atomic mass is 10.1. The van der Waals surface area contributed by atoms with Crippen LogP contribution < -0.4 is 9.80 Å². The highest BCUT2D eigenvalue weighted by atomic mass is 32.2. The van der Waals surface area contributed by atoms with E-state index in [1.54, 1.807) is 23.1 Å². The van der Waals surface area contributed by atoms with Gasteiger partial charge >= 0.3 is 0 Å². The maximum atomic E-state index is 14.6. The molecule has 0 N–H and O–H groups in total. The highest BCUT2D eigenvalue weighted by Crippen LogP contribution is 2.29. The van der Waals surface area contributed by atoms with E-state index in [9.17, 15) is 17.6 Å². The first-order valence-electron chi connectivity index (χ1n) is 11.7. The van der Waals surface area contributed by atoms with Crippen LogP contribution in [-0.2, 0) is 16.3 Å². The van der Waals surface area contributed by atoms with Gasteiger partial charge in [-0.1, -0.05) is 13.0 Å². The fraction of sp³-hybridized carbons (Fsp3) is 0.480. The number of hydrogen-bond donors (Lipinski definition) is 0. The summed E-state index contributed by atoms with van der Waals surface area (Å²) >= 11 is 0. The molecule has 0 atom stereocenters. The minimum Gasteiger partial charge on any atom is -0.371 e. The maximum Gasteiger partial charge on any atom is 0.256 e. The molecular formula is C25H32FN3O3S. The minimum absolute atomic E-state index is 0.156. The number of halogens is 1. The fourth-order valence-corrected chi connectivity index (χ4v) is 5.32. The summed E-state index contributed by atoms with van der Waals surface area (Å²) in [6.07, 6.45) is 5.23. The molecule has 0 saturated carbocycles. The average molecular weight is 474 g/mol. The molecule has 0 spiro atoms. The summed E-state index contributed by atoms with van der Waals surface area (Å²) in [5.74, 6) is -0.398. The normalized spacial score (nSPS) is 17.4. The van der Waals surface area contributed by atoms with Crippen LogP contribution in [0, 0.1) is 5.82 Å². The van der Waals surface area contributed by atoms with E-state index >= 15 is 0 Å². The summed E-state index contributed by atoms with van der Waals surface area (Å²) in [7, 11) is -3.43. The van der Waals surface area contributed by atoms with Crippen LogP contribution in [0.25, 0.3) is 0 Å². The molecule has 8 heteroatoms. The Balaban J connectivity index is 1.55. The summed E-state index contributed by atoms with van der Waals surface area (Å²) in [4.78, 5) is 19.6. The second-order valence-corrected chi connectivity index (χ2v) is 10.9. The lowest BCUT2D eigenvalue weighted by Gasteiger charge is -2.37. The van der Waals surface area contributed by atoms with Gasteiger partial charge in [0.25, 0.3) is 5.91 Å². The first kappa shape index (κ1) is 23.5. The van der Waals surface area contributed by atoms with Crippen LogP contribution in [0.1, 0.15) is 42.1 Å². The third kappa shape index (κ3) is 5.16. The van der Waals surface area contributed by atoms with Gasteiger partial charge in [0.05, 0.1) is 16.1 Å². The van der Waals surface area contributed by atoms with Crippen molar-refractivity contribution in [3.63, 3.8) is 0 Å². The number of amides is 1. The molecule has 0 radical (unpaired) electrons. The molecule has 33 heavy (non-hydrogen) atoms. The van der Waals surface area contributed by atoms with Crippen LogP contribution in [0.4, 0.5) is 15.8 Å². The summed E-state index contributed by atoms with van der Waals surface area (Å²) in [6, 6.07) is 10.2. The van der Waals surface area contributed by atoms with Crippen molar-refractivity contribution >= 4 is 27.1 Å². The number of benzene rings is 2. The number of sulfone groups is 1. The average Bonchev–Trinajstić information content (AvgIpc) is 2.83. The number of nitrogens with zero attached hydrogens (tertiary/aromatic N) is 3. The highest BCUT2D eigenvalue weighted by molar-refractivity contribution is 7.90. The minimum atomic E-state index is -3.43. The van der Waals surface area contributed by atoms with Gasteiger partial charge in [-0.15, -0.1) is 0 Å². The zero-order valence-corrected chi connectivity index (χ0v) is 20.2. The van der Waals surface area contributed by atoms with Crippen molar-refractivity contribution in [1.29, 1.82) is 0 Å². The van der Waals surface area contributed by atoms with Crippen molar-refractivity contribution in [3.05, 3.63) is 53.3 Å². The highest BCUT2D eigenvalue weighted by Gasteiger charge is 2.28. The molecule has 2 heterocycles. The van der Waals surface area contributed by atoms with Gasteiger partial charge in [0.2, 0.25) is 0 Å². The van der Waals surface area contributed by atoms with E-state index in [-0.39, 0.29) is 16.6 Å². The molecule has 1 amide bonds. The number of carbonyl (C=O) groups excluding carboxylic acids is 1. The van der Waals surface area contributed by atoms with Crippen LogP contribution in [0.5, 0.6) is 0 Å². The summed E-state index contributed by atoms with van der Waals surface area (Å²) in [5.41, 5.74) is 2.76. The number of piperazine rings is 1. The first-order valence-corrected chi connectivity index (χ1v) is 13.6. The molecule has 2 aromatic rings. The van der Waals surface area contributed by atoms with Crippen LogP contribution in [0.15, 0.2) is 41.3 Å². The lowest BCUT2D eigenvalue weighted by molar-refractivity contribution is 0.0747. The Morgan fingerprint density at radius 1 is 0.879 bits per heavy atom. The third-order valence-corrected chi connectivity index (χ3v) is 7.76. The molecule has 0 aromatic heterocycles. The number of aryl methyl sites for hydroxylation is 1. The Bertz CT molecular complexity index is 1120. The summed E-state index contributed by atoms with van der Waals surface area (Å²) < 4.78 is 38.9. The van der Waals surface area contributed by atoms with Gasteiger partial charge in [-0.05, 0) is 61.6 Å². The Morgan fingerprint density at radius 2 is 1.52 bits per heavy atom. The molecule has 178 valence electrons. The molecule has 0 aliphatic carbocycles. The van der Waals surface area contributed by atoms with E-state index in [0.717, 1.165) is 49.9 Å². The van der Waals surface area contributed by atoms with Crippen molar-refractivity contribution in [2.24, 2.45) is 0 Å². The smallest absolute Gasteiger partial charge is 0.256 e. The van der Waals surface area contributed by atoms with Gasteiger partial charge in [0.1, 0.15) is 5.82 Å². The van der Waals surface area contributed by atoms with Gasteiger partial charge in [0.15, 0.2) is 9.84 Å². The molecule has 2 aliphatic rings. The van der Waals surface area contributed by atoms with E-state index in [4.69, 9.17) is 0 Å². The predicted molar refractivity (Wildman–Crippen MR) is 130 cm³/mol. The Hall–Kier alpha value is -2.61. The molecule has 2 fully saturated rings. The zero-order valence-electron chi connectivity index (χ0n) is 19.4. The first-order chi connectivity index (χ1) is 15.8. The zero-order chi connectivity index (χ0) is 23.6. The molecule has 6 nitrogen and oxygen atoms in total. The molecule has 2 aliphatic heterocycles. The van der Waals surface area contributed by atoms with Crippen LogP contribution in [0.2, 0.25) is 0 Å². The van der Waals surface area contributed by atoms with Crippen LogP contribution in [-0.4, -0.2) is 64.7 Å². The number of hydrogen-bond acceptors (Lipinski definition) is 5. The van der Waals surface area contributed by atoms with Crippen molar-refractivity contribution in [2.45, 2.75) is 37.5 Å². The third-order valence-electron chi connectivity index (χ3n) is 6.65. The van der Waals surface area contributed by atoms with E-state index in [1.165, 1.54) is 12.5 Å². The van der Waals surface area contributed by atoms with E-state index in [1.807, 2.05) is 24.0 Å². The predicted octanol–water partition coefficient (Wildman–Crippen LogP) is 3.74. The second-order valence-electron chi connectivity index (χ2n) is 8.92. The van der Waals surface area contributed by atoms with Crippen molar-refractivity contribution in [3.8, 4) is 0 Å². The van der Waals surface area contributed by atoms with Crippen molar-refractivity contribution in [1.82, 2.24) is 4.90 Å². The van der Waals surface area contributed by atoms with E-state index < -0.39 is 9.84 Å². The van der Waals surface area contributed by atoms with Gasteiger partial charge < -0.3 is 14.7 Å². The van der Waals surface area contributed by atoms with Gasteiger partial charge in [0, 0.05) is 51.2 Å². The standard InChI is InChI=1S/C25H32FN3O3S/c1-3-19-7-9-24(22(26)17-19)28-13-15-29(16-14-28)25(30)21-18-20(33(2,31)32)8-10-23(21)27-11-5-4-6-12-27/h7-10,17-18H,3-6,11-16H2,1-2H3. The van der Waals surface area contributed by atoms with Gasteiger partial charge in [-0.2, -0.15) is 0 Å². The van der Waals surface area contributed by atoms with E-state index in [0.29, 0.717) is 37.4 Å². The van der Waals surface area contributed by atoms with Gasteiger partial charge in [-0.3, -0.25) is 4.79 Å². The topological polar surface area (TPSA) is 60.9 Å². The molecule has 0 unspecified atom stereocenters. The Kier molecular flexibility index (Phi) is 6.93. The van der Waals surface area contributed by atoms with Crippen LogP contribution >= 0.6 is 0 Å². The van der Waals surface area contributed by atoms with Crippen LogP contribution in [0.3, 0.4) is 0 Å². The fourth-order valence-electron chi connectivity index (χ4n) is 4.68.